The maximum atomic E-state index is 10.8. The Balaban J connectivity index is 2.76. The van der Waals surface area contributed by atoms with Crippen molar-refractivity contribution < 1.29 is 9.90 Å². The number of carbonyl (C=O) groups excluding carboxylic acids is 1. The molecule has 6 heteroatoms. The number of aliphatic hydroxyl groups is 1. The molecular formula is C14H24BN2O2S. The van der Waals surface area contributed by atoms with Crippen LogP contribution in [0.1, 0.15) is 50.4 Å². The van der Waals surface area contributed by atoms with E-state index in [0.29, 0.717) is 12.3 Å². The fourth-order valence-corrected chi connectivity index (χ4v) is 3.13. The highest BCUT2D eigenvalue weighted by molar-refractivity contribution is 7.09. The Morgan fingerprint density at radius 3 is 2.70 bits per heavy atom. The normalized spacial score (nSPS) is 14.6. The minimum Gasteiger partial charge on any atom is -0.386 e. The lowest BCUT2D eigenvalue weighted by molar-refractivity contribution is 0.115. The highest BCUT2D eigenvalue weighted by Crippen LogP contribution is 2.26. The summed E-state index contributed by atoms with van der Waals surface area (Å²) in [6, 6.07) is 0.138. The summed E-state index contributed by atoms with van der Waals surface area (Å²) >= 11 is 1.49. The highest BCUT2D eigenvalue weighted by Gasteiger charge is 2.26. The number of rotatable bonds is 9. The van der Waals surface area contributed by atoms with E-state index in [0.717, 1.165) is 29.9 Å². The molecule has 4 nitrogen and oxygen atoms in total. The number of hydrogen-bond acceptors (Lipinski definition) is 5. The van der Waals surface area contributed by atoms with Crippen molar-refractivity contribution >= 4 is 24.9 Å². The van der Waals surface area contributed by atoms with Crippen LogP contribution in [0.5, 0.6) is 0 Å². The summed E-state index contributed by atoms with van der Waals surface area (Å²) < 4.78 is 0. The van der Waals surface area contributed by atoms with Crippen LogP contribution in [0.3, 0.4) is 0 Å². The number of aryl methyl sites for hydroxylation is 1. The maximum Gasteiger partial charge on any atom is 0.293 e. The molecular weight excluding hydrogens is 271 g/mol. The van der Waals surface area contributed by atoms with Crippen LogP contribution >= 0.6 is 11.3 Å². The summed E-state index contributed by atoms with van der Waals surface area (Å²) in [5.41, 5.74) is 0.940. The second-order valence-corrected chi connectivity index (χ2v) is 6.30. The topological polar surface area (TPSA) is 53.4 Å². The Bertz CT molecular complexity index is 412. The molecule has 0 saturated heterocycles. The second kappa shape index (κ2) is 8.54. The Kier molecular flexibility index (Phi) is 7.41. The van der Waals surface area contributed by atoms with Gasteiger partial charge in [-0.1, -0.05) is 20.8 Å². The summed E-state index contributed by atoms with van der Waals surface area (Å²) in [5, 5.41) is 13.1. The van der Waals surface area contributed by atoms with Crippen molar-refractivity contribution in [3.8, 4) is 0 Å². The number of aromatic nitrogens is 1. The molecule has 1 N–H and O–H groups in total. The van der Waals surface area contributed by atoms with Gasteiger partial charge in [0.05, 0.1) is 6.19 Å². The van der Waals surface area contributed by atoms with Crippen molar-refractivity contribution in [3.63, 3.8) is 0 Å². The first kappa shape index (κ1) is 17.3. The number of nitrogens with zero attached hydrogens (tertiary/aromatic N) is 2. The van der Waals surface area contributed by atoms with E-state index >= 15 is 0 Å². The largest absolute Gasteiger partial charge is 0.386 e. The number of thiazole rings is 1. The molecule has 1 aromatic heterocycles. The fourth-order valence-electron chi connectivity index (χ4n) is 2.33. The van der Waals surface area contributed by atoms with E-state index in [4.69, 9.17) is 0 Å². The molecule has 0 aliphatic carbocycles. The SMILES string of the molecule is CCCN([B]C=O)[C@@H](C[C@H](O)c1nc(C)cs1)C(C)C. The minimum atomic E-state index is -0.569. The molecule has 0 aliphatic heterocycles. The van der Waals surface area contributed by atoms with Crippen LogP contribution in [0, 0.1) is 12.8 Å². The van der Waals surface area contributed by atoms with E-state index < -0.39 is 6.10 Å². The van der Waals surface area contributed by atoms with Gasteiger partial charge in [-0.25, -0.2) is 4.98 Å². The van der Waals surface area contributed by atoms with Crippen LogP contribution in [0.25, 0.3) is 0 Å². The minimum absolute atomic E-state index is 0.138. The first-order valence-electron chi connectivity index (χ1n) is 7.14. The number of carbonyl (C=O) groups is 1. The van der Waals surface area contributed by atoms with E-state index in [9.17, 15) is 9.90 Å². The Morgan fingerprint density at radius 2 is 2.25 bits per heavy atom. The molecule has 1 heterocycles. The van der Waals surface area contributed by atoms with Crippen molar-refractivity contribution in [2.45, 2.75) is 52.7 Å². The highest BCUT2D eigenvalue weighted by atomic mass is 32.1. The van der Waals surface area contributed by atoms with Crippen LogP contribution in [0.2, 0.25) is 0 Å². The summed E-state index contributed by atoms with van der Waals surface area (Å²) in [6.07, 6.45) is 1.82. The van der Waals surface area contributed by atoms with E-state index in [2.05, 4.69) is 25.8 Å². The molecule has 1 aromatic rings. The molecule has 0 spiro atoms. The summed E-state index contributed by atoms with van der Waals surface area (Å²) in [5.74, 6) is 0.355. The first-order valence-corrected chi connectivity index (χ1v) is 8.02. The van der Waals surface area contributed by atoms with Gasteiger partial charge in [0.1, 0.15) is 11.1 Å². The van der Waals surface area contributed by atoms with Gasteiger partial charge in [0.25, 0.3) is 7.41 Å². The number of aliphatic hydroxyl groups excluding tert-OH is 1. The lowest BCUT2D eigenvalue weighted by Gasteiger charge is -2.34. The molecule has 2 atom stereocenters. The fraction of sp³-hybridized carbons (Fsp3) is 0.714. The average Bonchev–Trinajstić information content (AvgIpc) is 2.82. The quantitative estimate of drug-likeness (QED) is 0.561. The third-order valence-electron chi connectivity index (χ3n) is 3.32. The van der Waals surface area contributed by atoms with Gasteiger partial charge in [0, 0.05) is 17.1 Å². The van der Waals surface area contributed by atoms with Gasteiger partial charge in [0.15, 0.2) is 0 Å². The Labute approximate surface area is 126 Å². The van der Waals surface area contributed by atoms with Gasteiger partial charge in [0.2, 0.25) is 0 Å². The average molecular weight is 295 g/mol. The Morgan fingerprint density at radius 1 is 1.55 bits per heavy atom. The molecule has 0 aromatic carbocycles. The monoisotopic (exact) mass is 295 g/mol. The smallest absolute Gasteiger partial charge is 0.293 e. The van der Waals surface area contributed by atoms with Crippen LogP contribution in [0.4, 0.5) is 0 Å². The lowest BCUT2D eigenvalue weighted by Crippen LogP contribution is -2.43. The molecule has 0 unspecified atom stereocenters. The zero-order chi connectivity index (χ0) is 15.1. The summed E-state index contributed by atoms with van der Waals surface area (Å²) in [6.45, 7) is 9.07. The van der Waals surface area contributed by atoms with E-state index in [1.54, 1.807) is 7.41 Å². The molecule has 0 amide bonds. The summed E-state index contributed by atoms with van der Waals surface area (Å²) in [7, 11) is 1.59. The molecule has 0 bridgehead atoms. The van der Waals surface area contributed by atoms with E-state index in [1.807, 2.05) is 17.1 Å². The van der Waals surface area contributed by atoms with Gasteiger partial charge >= 0.3 is 0 Å². The van der Waals surface area contributed by atoms with Gasteiger partial charge in [-0.05, 0) is 32.2 Å². The molecule has 0 saturated carbocycles. The van der Waals surface area contributed by atoms with Crippen molar-refractivity contribution in [2.75, 3.05) is 6.54 Å². The van der Waals surface area contributed by atoms with Crippen molar-refractivity contribution in [2.24, 2.45) is 5.92 Å². The van der Waals surface area contributed by atoms with Crippen molar-refractivity contribution in [3.05, 3.63) is 16.1 Å². The van der Waals surface area contributed by atoms with Crippen molar-refractivity contribution in [1.82, 2.24) is 9.79 Å². The lowest BCUT2D eigenvalue weighted by atomic mass is 9.85. The first-order chi connectivity index (χ1) is 9.49. The maximum absolute atomic E-state index is 10.8. The molecule has 111 valence electrons. The molecule has 1 rings (SSSR count). The van der Waals surface area contributed by atoms with Crippen molar-refractivity contribution in [1.29, 1.82) is 0 Å². The van der Waals surface area contributed by atoms with Gasteiger partial charge in [-0.2, -0.15) is 0 Å². The zero-order valence-electron chi connectivity index (χ0n) is 12.7. The van der Waals surface area contributed by atoms with Gasteiger partial charge in [-0.15, -0.1) is 11.3 Å². The molecule has 0 aliphatic rings. The zero-order valence-corrected chi connectivity index (χ0v) is 13.6. The van der Waals surface area contributed by atoms with E-state index in [1.165, 1.54) is 11.3 Å². The number of hydrogen-bond donors (Lipinski definition) is 1. The van der Waals surface area contributed by atoms with Crippen LogP contribution in [-0.4, -0.2) is 41.1 Å². The van der Waals surface area contributed by atoms with Crippen LogP contribution < -0.4 is 0 Å². The predicted molar refractivity (Wildman–Crippen MR) is 84.6 cm³/mol. The third kappa shape index (κ3) is 5.00. The Hall–Kier alpha value is -0.715. The van der Waals surface area contributed by atoms with Crippen LogP contribution in [0.15, 0.2) is 5.38 Å². The summed E-state index contributed by atoms with van der Waals surface area (Å²) in [4.78, 5) is 17.2. The van der Waals surface area contributed by atoms with Crippen LogP contribution in [-0.2, 0) is 4.79 Å². The van der Waals surface area contributed by atoms with Gasteiger partial charge in [-0.3, -0.25) is 0 Å². The van der Waals surface area contributed by atoms with E-state index in [-0.39, 0.29) is 6.04 Å². The molecule has 1 radical (unpaired) electrons. The second-order valence-electron chi connectivity index (χ2n) is 5.41. The van der Waals surface area contributed by atoms with Gasteiger partial charge < -0.3 is 14.7 Å². The standard InChI is InChI=1S/C14H24BN2O2S/c1-5-6-17(15-9-18)12(10(2)3)7-13(19)14-16-11(4)8-20-14/h8-10,12-13,19H,5-7H2,1-4H3/t12-,13-/m0/s1. The third-order valence-corrected chi connectivity index (χ3v) is 4.38. The predicted octanol–water partition coefficient (Wildman–Crippen LogP) is 2.42. The molecule has 20 heavy (non-hydrogen) atoms. The molecule has 0 fully saturated rings.